The molecule has 1 amide bonds. The minimum absolute atomic E-state index is 0.0381. The van der Waals surface area contributed by atoms with Gasteiger partial charge in [0.05, 0.1) is 13.0 Å². The van der Waals surface area contributed by atoms with E-state index >= 15 is 0 Å². The van der Waals surface area contributed by atoms with E-state index in [1.807, 2.05) is 6.92 Å². The molecule has 0 heterocycles. The van der Waals surface area contributed by atoms with Crippen LogP contribution in [0.4, 0.5) is 0 Å². The van der Waals surface area contributed by atoms with Crippen molar-refractivity contribution in [3.8, 4) is 5.75 Å². The highest BCUT2D eigenvalue weighted by atomic mass is 16.5. The first-order chi connectivity index (χ1) is 13.1. The van der Waals surface area contributed by atoms with Gasteiger partial charge in [0.2, 0.25) is 0 Å². The maximum atomic E-state index is 12.1. The van der Waals surface area contributed by atoms with Crippen molar-refractivity contribution in [3.05, 3.63) is 29.8 Å². The fourth-order valence-electron chi connectivity index (χ4n) is 3.05. The molecule has 1 aromatic carbocycles. The van der Waals surface area contributed by atoms with Crippen LogP contribution in [0.1, 0.15) is 68.6 Å². The van der Waals surface area contributed by atoms with Crippen LogP contribution in [-0.4, -0.2) is 36.9 Å². The maximum absolute atomic E-state index is 12.1. The van der Waals surface area contributed by atoms with Crippen molar-refractivity contribution < 1.29 is 23.9 Å². The zero-order chi connectivity index (χ0) is 19.5. The van der Waals surface area contributed by atoms with Crippen molar-refractivity contribution in [1.29, 1.82) is 0 Å². The molecule has 0 aliphatic heterocycles. The van der Waals surface area contributed by atoms with Gasteiger partial charge in [0.1, 0.15) is 5.75 Å². The molecule has 6 nitrogen and oxygen atoms in total. The highest BCUT2D eigenvalue weighted by molar-refractivity contribution is 5.97. The SMILES string of the molecule is CCCOc1ccc(C(=O)CCC(=O)OCC(=O)NC2CCCCC2)cc1. The molecule has 0 unspecified atom stereocenters. The minimum Gasteiger partial charge on any atom is -0.494 e. The summed E-state index contributed by atoms with van der Waals surface area (Å²) >= 11 is 0. The van der Waals surface area contributed by atoms with E-state index in [1.165, 1.54) is 6.42 Å². The van der Waals surface area contributed by atoms with Gasteiger partial charge in [-0.3, -0.25) is 14.4 Å². The second-order valence-corrected chi connectivity index (χ2v) is 6.86. The Balaban J connectivity index is 1.65. The van der Waals surface area contributed by atoms with Crippen LogP contribution in [0.5, 0.6) is 5.75 Å². The Hall–Kier alpha value is -2.37. The van der Waals surface area contributed by atoms with Gasteiger partial charge in [-0.2, -0.15) is 0 Å². The number of Topliss-reactive ketones (excluding diaryl/α,β-unsaturated/α-hetero) is 1. The number of nitrogens with one attached hydrogen (secondary N) is 1. The van der Waals surface area contributed by atoms with Crippen LogP contribution in [0, 0.1) is 0 Å². The topological polar surface area (TPSA) is 81.7 Å². The predicted molar refractivity (Wildman–Crippen MR) is 102 cm³/mol. The van der Waals surface area contributed by atoms with Gasteiger partial charge in [-0.15, -0.1) is 0 Å². The van der Waals surface area contributed by atoms with Crippen molar-refractivity contribution in [2.45, 2.75) is 64.3 Å². The number of carbonyl (C=O) groups excluding carboxylic acids is 3. The van der Waals surface area contributed by atoms with Crippen LogP contribution in [0.15, 0.2) is 24.3 Å². The van der Waals surface area contributed by atoms with Gasteiger partial charge in [0.15, 0.2) is 12.4 Å². The van der Waals surface area contributed by atoms with Gasteiger partial charge >= 0.3 is 5.97 Å². The summed E-state index contributed by atoms with van der Waals surface area (Å²) in [6, 6.07) is 7.07. The maximum Gasteiger partial charge on any atom is 0.306 e. The summed E-state index contributed by atoms with van der Waals surface area (Å²) in [7, 11) is 0. The van der Waals surface area contributed by atoms with Crippen molar-refractivity contribution in [1.82, 2.24) is 5.32 Å². The average molecular weight is 375 g/mol. The van der Waals surface area contributed by atoms with E-state index in [0.717, 1.165) is 37.9 Å². The molecule has 1 fully saturated rings. The summed E-state index contributed by atoms with van der Waals surface area (Å²) in [6.07, 6.45) is 6.36. The number of ketones is 1. The Kier molecular flexibility index (Phi) is 8.81. The lowest BCUT2D eigenvalue weighted by molar-refractivity contribution is -0.148. The standard InChI is InChI=1S/C21H29NO5/c1-2-14-26-18-10-8-16(9-11-18)19(23)12-13-21(25)27-15-20(24)22-17-6-4-3-5-7-17/h8-11,17H,2-7,12-15H2,1H3,(H,22,24). The molecule has 27 heavy (non-hydrogen) atoms. The van der Waals surface area contributed by atoms with Crippen molar-refractivity contribution >= 4 is 17.7 Å². The summed E-state index contributed by atoms with van der Waals surface area (Å²) in [6.45, 7) is 2.37. The number of esters is 1. The summed E-state index contributed by atoms with van der Waals surface area (Å²) < 4.78 is 10.4. The predicted octanol–water partition coefficient (Wildman–Crippen LogP) is 3.43. The Morgan fingerprint density at radius 3 is 2.41 bits per heavy atom. The highest BCUT2D eigenvalue weighted by Gasteiger charge is 2.17. The smallest absolute Gasteiger partial charge is 0.306 e. The molecule has 1 aromatic rings. The fourth-order valence-corrected chi connectivity index (χ4v) is 3.05. The van der Waals surface area contributed by atoms with Gasteiger partial charge in [-0.1, -0.05) is 26.2 Å². The Morgan fingerprint density at radius 1 is 1.04 bits per heavy atom. The molecule has 1 N–H and O–H groups in total. The summed E-state index contributed by atoms with van der Waals surface area (Å²) in [5, 5.41) is 2.89. The molecule has 0 radical (unpaired) electrons. The van der Waals surface area contributed by atoms with E-state index in [-0.39, 0.29) is 37.2 Å². The highest BCUT2D eigenvalue weighted by Crippen LogP contribution is 2.17. The number of amides is 1. The van der Waals surface area contributed by atoms with Gasteiger partial charge in [-0.25, -0.2) is 0 Å². The van der Waals surface area contributed by atoms with Gasteiger partial charge in [0, 0.05) is 18.0 Å². The fraction of sp³-hybridized carbons (Fsp3) is 0.571. The average Bonchev–Trinajstić information content (AvgIpc) is 2.70. The van der Waals surface area contributed by atoms with E-state index in [9.17, 15) is 14.4 Å². The van der Waals surface area contributed by atoms with E-state index in [1.54, 1.807) is 24.3 Å². The lowest BCUT2D eigenvalue weighted by Gasteiger charge is -2.22. The van der Waals surface area contributed by atoms with E-state index < -0.39 is 5.97 Å². The molecule has 0 saturated heterocycles. The summed E-state index contributed by atoms with van der Waals surface area (Å²) in [4.78, 5) is 35.7. The number of ether oxygens (including phenoxy) is 2. The number of carbonyl (C=O) groups is 3. The molecule has 1 saturated carbocycles. The first-order valence-electron chi connectivity index (χ1n) is 9.79. The molecule has 0 spiro atoms. The molecule has 0 bridgehead atoms. The molecular formula is C21H29NO5. The second-order valence-electron chi connectivity index (χ2n) is 6.86. The lowest BCUT2D eigenvalue weighted by atomic mass is 9.95. The summed E-state index contributed by atoms with van der Waals surface area (Å²) in [5.41, 5.74) is 0.529. The lowest BCUT2D eigenvalue weighted by Crippen LogP contribution is -2.38. The second kappa shape index (κ2) is 11.4. The van der Waals surface area contributed by atoms with Crippen LogP contribution in [0.25, 0.3) is 0 Å². The normalized spacial score (nSPS) is 14.4. The number of rotatable bonds is 10. The number of benzene rings is 1. The van der Waals surface area contributed by atoms with Gasteiger partial charge in [-0.05, 0) is 43.5 Å². The first-order valence-corrected chi connectivity index (χ1v) is 9.79. The summed E-state index contributed by atoms with van der Waals surface area (Å²) in [5.74, 6) is -0.230. The van der Waals surface area contributed by atoms with Crippen LogP contribution in [0.2, 0.25) is 0 Å². The zero-order valence-electron chi connectivity index (χ0n) is 16.0. The van der Waals surface area contributed by atoms with Crippen LogP contribution in [-0.2, 0) is 14.3 Å². The van der Waals surface area contributed by atoms with Crippen molar-refractivity contribution in [3.63, 3.8) is 0 Å². The molecular weight excluding hydrogens is 346 g/mol. The Labute approximate surface area is 160 Å². The van der Waals surface area contributed by atoms with Gasteiger partial charge < -0.3 is 14.8 Å². The number of hydrogen-bond donors (Lipinski definition) is 1. The molecule has 2 rings (SSSR count). The van der Waals surface area contributed by atoms with E-state index in [2.05, 4.69) is 5.32 Å². The molecule has 6 heteroatoms. The van der Waals surface area contributed by atoms with Gasteiger partial charge in [0.25, 0.3) is 5.91 Å². The monoisotopic (exact) mass is 375 g/mol. The third kappa shape index (κ3) is 7.81. The third-order valence-corrected chi connectivity index (χ3v) is 4.54. The Morgan fingerprint density at radius 2 is 1.74 bits per heavy atom. The van der Waals surface area contributed by atoms with Crippen LogP contribution < -0.4 is 10.1 Å². The van der Waals surface area contributed by atoms with E-state index in [4.69, 9.17) is 9.47 Å². The quantitative estimate of drug-likeness (QED) is 0.500. The van der Waals surface area contributed by atoms with Crippen molar-refractivity contribution in [2.24, 2.45) is 0 Å². The largest absolute Gasteiger partial charge is 0.494 e. The molecule has 1 aliphatic carbocycles. The molecule has 1 aliphatic rings. The van der Waals surface area contributed by atoms with Crippen molar-refractivity contribution in [2.75, 3.05) is 13.2 Å². The minimum atomic E-state index is -0.537. The third-order valence-electron chi connectivity index (χ3n) is 4.54. The first kappa shape index (κ1) is 20.9. The molecule has 148 valence electrons. The Bertz CT molecular complexity index is 620. The number of hydrogen-bond acceptors (Lipinski definition) is 5. The molecule has 0 atom stereocenters. The zero-order valence-corrected chi connectivity index (χ0v) is 16.0. The molecule has 0 aromatic heterocycles. The van der Waals surface area contributed by atoms with Crippen LogP contribution in [0.3, 0.4) is 0 Å². The van der Waals surface area contributed by atoms with E-state index in [0.29, 0.717) is 12.2 Å². The van der Waals surface area contributed by atoms with Crippen LogP contribution >= 0.6 is 0 Å².